The summed E-state index contributed by atoms with van der Waals surface area (Å²) in [4.78, 5) is 9.50. The van der Waals surface area contributed by atoms with Gasteiger partial charge in [0.25, 0.3) is 0 Å². The van der Waals surface area contributed by atoms with Crippen molar-refractivity contribution in [2.24, 2.45) is 10.3 Å². The highest BCUT2D eigenvalue weighted by Gasteiger charge is 1.70. The van der Waals surface area contributed by atoms with E-state index in [1.807, 2.05) is 6.92 Å². The summed E-state index contributed by atoms with van der Waals surface area (Å²) in [5.74, 6) is 0. The molecule has 0 fully saturated rings. The average molecular weight is 115 g/mol. The number of rotatable bonds is 4. The summed E-state index contributed by atoms with van der Waals surface area (Å²) in [6.07, 6.45) is 1.43. The van der Waals surface area contributed by atoms with E-state index in [-0.39, 0.29) is 0 Å². The molecule has 4 heteroatoms. The molecule has 0 radical (unpaired) electrons. The monoisotopic (exact) mass is 115 g/mol. The van der Waals surface area contributed by atoms with Gasteiger partial charge in [0.05, 0.1) is 6.54 Å². The zero-order valence-corrected chi connectivity index (χ0v) is 4.79. The molecule has 0 heterocycles. The Kier molecular flexibility index (Phi) is 5.36. The van der Waals surface area contributed by atoms with Gasteiger partial charge in [-0.1, -0.05) is 12.1 Å². The van der Waals surface area contributed by atoms with Crippen molar-refractivity contribution in [3.05, 3.63) is 0 Å². The lowest BCUT2D eigenvalue weighted by Crippen LogP contribution is -1.97. The SMILES string of the molecule is CCCN=NNC=O. The molecule has 0 aromatic carbocycles. The molecule has 46 valence electrons. The van der Waals surface area contributed by atoms with Crippen LogP contribution in [0.15, 0.2) is 10.3 Å². The Morgan fingerprint density at radius 2 is 2.50 bits per heavy atom. The quantitative estimate of drug-likeness (QED) is 0.324. The van der Waals surface area contributed by atoms with Crippen molar-refractivity contribution in [3.63, 3.8) is 0 Å². The third-order valence-electron chi connectivity index (χ3n) is 0.505. The first-order chi connectivity index (χ1) is 3.91. The lowest BCUT2D eigenvalue weighted by atomic mass is 10.5. The van der Waals surface area contributed by atoms with Crippen molar-refractivity contribution < 1.29 is 4.79 Å². The molecule has 0 saturated heterocycles. The van der Waals surface area contributed by atoms with Crippen molar-refractivity contribution in [1.29, 1.82) is 0 Å². The minimum Gasteiger partial charge on any atom is -0.277 e. The van der Waals surface area contributed by atoms with Gasteiger partial charge in [-0.25, -0.2) is 5.43 Å². The molecule has 0 saturated carbocycles. The normalized spacial score (nSPS) is 9.62. The minimum absolute atomic E-state index is 0.485. The molecular weight excluding hydrogens is 106 g/mol. The second-order valence-electron chi connectivity index (χ2n) is 1.21. The molecule has 0 aromatic rings. The number of hydrogen-bond acceptors (Lipinski definition) is 3. The number of nitrogens with one attached hydrogen (secondary N) is 1. The molecule has 1 amide bonds. The summed E-state index contributed by atoms with van der Waals surface area (Å²) < 4.78 is 0. The zero-order valence-electron chi connectivity index (χ0n) is 4.79. The second kappa shape index (κ2) is 6.07. The van der Waals surface area contributed by atoms with E-state index in [9.17, 15) is 4.79 Å². The molecule has 0 aliphatic rings. The lowest BCUT2D eigenvalue weighted by Gasteiger charge is -1.81. The van der Waals surface area contributed by atoms with Gasteiger partial charge in [0.2, 0.25) is 6.41 Å². The van der Waals surface area contributed by atoms with Crippen LogP contribution < -0.4 is 5.43 Å². The van der Waals surface area contributed by atoms with E-state index in [4.69, 9.17) is 0 Å². The molecule has 0 atom stereocenters. The van der Waals surface area contributed by atoms with Gasteiger partial charge in [-0.3, -0.25) is 4.79 Å². The van der Waals surface area contributed by atoms with E-state index in [2.05, 4.69) is 15.8 Å². The number of amides is 1. The van der Waals surface area contributed by atoms with Gasteiger partial charge in [0.15, 0.2) is 0 Å². The maximum absolute atomic E-state index is 9.50. The van der Waals surface area contributed by atoms with Crippen LogP contribution >= 0.6 is 0 Å². The van der Waals surface area contributed by atoms with Gasteiger partial charge in [-0.2, -0.15) is 5.11 Å². The fraction of sp³-hybridized carbons (Fsp3) is 0.750. The van der Waals surface area contributed by atoms with Crippen molar-refractivity contribution in [1.82, 2.24) is 5.43 Å². The van der Waals surface area contributed by atoms with Crippen molar-refractivity contribution in [3.8, 4) is 0 Å². The second-order valence-corrected chi connectivity index (χ2v) is 1.21. The average Bonchev–Trinajstić information content (AvgIpc) is 1.81. The van der Waals surface area contributed by atoms with Crippen LogP contribution in [-0.4, -0.2) is 13.0 Å². The first-order valence-electron chi connectivity index (χ1n) is 2.47. The van der Waals surface area contributed by atoms with Crippen LogP contribution in [0.25, 0.3) is 0 Å². The van der Waals surface area contributed by atoms with E-state index >= 15 is 0 Å². The van der Waals surface area contributed by atoms with Crippen molar-refractivity contribution in [2.75, 3.05) is 6.54 Å². The molecule has 0 aliphatic carbocycles. The molecule has 0 rings (SSSR count). The van der Waals surface area contributed by atoms with Crippen LogP contribution in [0.4, 0.5) is 0 Å². The molecule has 4 nitrogen and oxygen atoms in total. The third kappa shape index (κ3) is 5.07. The Morgan fingerprint density at radius 3 is 3.00 bits per heavy atom. The zero-order chi connectivity index (χ0) is 6.24. The van der Waals surface area contributed by atoms with Crippen molar-refractivity contribution >= 4 is 6.41 Å². The van der Waals surface area contributed by atoms with Gasteiger partial charge in [0.1, 0.15) is 0 Å². The molecule has 1 N–H and O–H groups in total. The lowest BCUT2D eigenvalue weighted by molar-refractivity contribution is -0.109. The number of nitrogens with zero attached hydrogens (tertiary/aromatic N) is 2. The van der Waals surface area contributed by atoms with E-state index in [0.717, 1.165) is 6.42 Å². The van der Waals surface area contributed by atoms with E-state index in [0.29, 0.717) is 13.0 Å². The van der Waals surface area contributed by atoms with Crippen LogP contribution in [0.5, 0.6) is 0 Å². The highest BCUT2D eigenvalue weighted by Crippen LogP contribution is 1.75. The highest BCUT2D eigenvalue weighted by atomic mass is 16.1. The standard InChI is InChI=1S/C4H9N3O/c1-2-3-5-7-6-4-8/h4H,2-3H2,1H3,(H,5,6,8). The van der Waals surface area contributed by atoms with Gasteiger partial charge >= 0.3 is 0 Å². The minimum atomic E-state index is 0.485. The molecule has 0 aromatic heterocycles. The number of hydrogen-bond donors (Lipinski definition) is 1. The Balaban J connectivity index is 2.94. The third-order valence-corrected chi connectivity index (χ3v) is 0.505. The van der Waals surface area contributed by atoms with Crippen LogP contribution in [0.2, 0.25) is 0 Å². The summed E-state index contributed by atoms with van der Waals surface area (Å²) in [5.41, 5.74) is 2.06. The maximum Gasteiger partial charge on any atom is 0.228 e. The molecular formula is C4H9N3O. The van der Waals surface area contributed by atoms with Gasteiger partial charge in [0, 0.05) is 0 Å². The first-order valence-corrected chi connectivity index (χ1v) is 2.47. The van der Waals surface area contributed by atoms with E-state index in [1.54, 1.807) is 0 Å². The summed E-state index contributed by atoms with van der Waals surface area (Å²) in [6, 6.07) is 0. The summed E-state index contributed by atoms with van der Waals surface area (Å²) >= 11 is 0. The van der Waals surface area contributed by atoms with Crippen LogP contribution in [0.1, 0.15) is 13.3 Å². The van der Waals surface area contributed by atoms with Gasteiger partial charge < -0.3 is 0 Å². The molecule has 0 spiro atoms. The predicted octanol–water partition coefficient (Wildman–Crippen LogP) is 0.510. The first kappa shape index (κ1) is 7.07. The smallest absolute Gasteiger partial charge is 0.228 e. The molecule has 0 aliphatic heterocycles. The Hall–Kier alpha value is -0.930. The highest BCUT2D eigenvalue weighted by molar-refractivity contribution is 5.44. The summed E-state index contributed by atoms with van der Waals surface area (Å²) in [6.45, 7) is 2.65. The molecule has 8 heavy (non-hydrogen) atoms. The van der Waals surface area contributed by atoms with Crippen LogP contribution in [-0.2, 0) is 4.79 Å². The molecule has 0 unspecified atom stereocenters. The topological polar surface area (TPSA) is 53.8 Å². The molecule has 0 bridgehead atoms. The maximum atomic E-state index is 9.50. The number of carbonyl (C=O) groups is 1. The summed E-state index contributed by atoms with van der Waals surface area (Å²) in [5, 5.41) is 6.85. The van der Waals surface area contributed by atoms with E-state index in [1.165, 1.54) is 0 Å². The van der Waals surface area contributed by atoms with Crippen molar-refractivity contribution in [2.45, 2.75) is 13.3 Å². The fourth-order valence-corrected chi connectivity index (χ4v) is 0.214. The van der Waals surface area contributed by atoms with Gasteiger partial charge in [-0.15, -0.1) is 0 Å². The largest absolute Gasteiger partial charge is 0.277 e. The fourth-order valence-electron chi connectivity index (χ4n) is 0.214. The summed E-state index contributed by atoms with van der Waals surface area (Å²) in [7, 11) is 0. The Morgan fingerprint density at radius 1 is 1.75 bits per heavy atom. The Labute approximate surface area is 48.0 Å². The predicted molar refractivity (Wildman–Crippen MR) is 29.2 cm³/mol. The van der Waals surface area contributed by atoms with Crippen LogP contribution in [0.3, 0.4) is 0 Å². The van der Waals surface area contributed by atoms with Crippen LogP contribution in [0, 0.1) is 0 Å². The Bertz CT molecular complexity index is 81.4. The van der Waals surface area contributed by atoms with Gasteiger partial charge in [-0.05, 0) is 6.42 Å². The number of carbonyl (C=O) groups excluding carboxylic acids is 1. The van der Waals surface area contributed by atoms with E-state index < -0.39 is 0 Å².